The molecule has 0 aromatic heterocycles. The lowest BCUT2D eigenvalue weighted by Gasteiger charge is -2.39. The number of carbonyl (C=O) groups excluding carboxylic acids is 2. The standard InChI is InChI=1S/C15H27ClN2O3/c1-5-18(13(19)10-16)12-9-7-6-8-11(12)17-14(20)21-15(2,3)4/h11-12H,5-10H2,1-4H3,(H,17,20)/t11-,12+/m1/s1. The molecule has 0 spiro atoms. The molecule has 0 saturated heterocycles. The molecule has 0 aliphatic heterocycles. The van der Waals surface area contributed by atoms with E-state index in [1.165, 1.54) is 0 Å². The molecule has 5 nitrogen and oxygen atoms in total. The highest BCUT2D eigenvalue weighted by Gasteiger charge is 2.33. The van der Waals surface area contributed by atoms with E-state index in [2.05, 4.69) is 5.32 Å². The Labute approximate surface area is 132 Å². The summed E-state index contributed by atoms with van der Waals surface area (Å²) in [5.41, 5.74) is -0.523. The van der Waals surface area contributed by atoms with Crippen molar-refractivity contribution in [3.63, 3.8) is 0 Å². The van der Waals surface area contributed by atoms with Gasteiger partial charge in [-0.15, -0.1) is 11.6 Å². The first-order chi connectivity index (χ1) is 9.78. The van der Waals surface area contributed by atoms with Gasteiger partial charge >= 0.3 is 6.09 Å². The lowest BCUT2D eigenvalue weighted by molar-refractivity contribution is -0.131. The summed E-state index contributed by atoms with van der Waals surface area (Å²) >= 11 is 5.68. The molecule has 0 aromatic rings. The lowest BCUT2D eigenvalue weighted by atomic mass is 9.89. The van der Waals surface area contributed by atoms with Crippen molar-refractivity contribution in [1.29, 1.82) is 0 Å². The highest BCUT2D eigenvalue weighted by Crippen LogP contribution is 2.24. The normalized spacial score (nSPS) is 22.5. The second-order valence-corrected chi connectivity index (χ2v) is 6.69. The predicted molar refractivity (Wildman–Crippen MR) is 83.5 cm³/mol. The number of halogens is 1. The summed E-state index contributed by atoms with van der Waals surface area (Å²) in [6, 6.07) is -0.0664. The minimum absolute atomic E-state index is 0.00233. The van der Waals surface area contributed by atoms with Gasteiger partial charge in [0.05, 0.1) is 12.1 Å². The third-order valence-corrected chi connectivity index (χ3v) is 3.84. The number of amides is 2. The van der Waals surface area contributed by atoms with Crippen molar-refractivity contribution >= 4 is 23.6 Å². The molecule has 0 radical (unpaired) electrons. The zero-order chi connectivity index (χ0) is 16.0. The lowest BCUT2D eigenvalue weighted by Crippen LogP contribution is -2.55. The number of ether oxygens (including phenoxy) is 1. The van der Waals surface area contributed by atoms with E-state index in [-0.39, 0.29) is 23.9 Å². The van der Waals surface area contributed by atoms with Crippen LogP contribution in [0.3, 0.4) is 0 Å². The molecule has 1 rings (SSSR count). The second-order valence-electron chi connectivity index (χ2n) is 6.42. The monoisotopic (exact) mass is 318 g/mol. The van der Waals surface area contributed by atoms with Crippen LogP contribution in [0.1, 0.15) is 53.4 Å². The molecule has 1 saturated carbocycles. The van der Waals surface area contributed by atoms with Crippen LogP contribution in [0.4, 0.5) is 4.79 Å². The third kappa shape index (κ3) is 5.73. The van der Waals surface area contributed by atoms with Crippen molar-refractivity contribution in [3.05, 3.63) is 0 Å². The van der Waals surface area contributed by atoms with Gasteiger partial charge in [-0.3, -0.25) is 4.79 Å². The van der Waals surface area contributed by atoms with Gasteiger partial charge in [-0.05, 0) is 40.5 Å². The van der Waals surface area contributed by atoms with Gasteiger partial charge in [0.1, 0.15) is 11.5 Å². The van der Waals surface area contributed by atoms with Crippen LogP contribution >= 0.6 is 11.6 Å². The van der Waals surface area contributed by atoms with Crippen LogP contribution in [0.2, 0.25) is 0 Å². The van der Waals surface area contributed by atoms with E-state index >= 15 is 0 Å². The van der Waals surface area contributed by atoms with Crippen LogP contribution in [0.5, 0.6) is 0 Å². The van der Waals surface area contributed by atoms with E-state index in [0.29, 0.717) is 6.54 Å². The zero-order valence-corrected chi connectivity index (χ0v) is 14.2. The van der Waals surface area contributed by atoms with Gasteiger partial charge in [0.15, 0.2) is 0 Å². The van der Waals surface area contributed by atoms with E-state index in [9.17, 15) is 9.59 Å². The van der Waals surface area contributed by atoms with Crippen LogP contribution in [-0.2, 0) is 9.53 Å². The van der Waals surface area contributed by atoms with Gasteiger partial charge in [-0.1, -0.05) is 12.8 Å². The molecule has 1 aliphatic rings. The van der Waals surface area contributed by atoms with E-state index in [0.717, 1.165) is 25.7 Å². The number of rotatable bonds is 4. The van der Waals surface area contributed by atoms with Crippen LogP contribution in [-0.4, -0.2) is 47.0 Å². The highest BCUT2D eigenvalue weighted by atomic mass is 35.5. The molecule has 0 aromatic carbocycles. The first-order valence-corrected chi connectivity index (χ1v) is 8.17. The van der Waals surface area contributed by atoms with Gasteiger partial charge in [0.25, 0.3) is 0 Å². The zero-order valence-electron chi connectivity index (χ0n) is 13.4. The van der Waals surface area contributed by atoms with Gasteiger partial charge in [0.2, 0.25) is 5.91 Å². The maximum absolute atomic E-state index is 12.0. The Kier molecular flexibility index (Phi) is 6.78. The predicted octanol–water partition coefficient (Wildman–Crippen LogP) is 2.91. The van der Waals surface area contributed by atoms with Crippen molar-refractivity contribution in [1.82, 2.24) is 10.2 Å². The summed E-state index contributed by atoms with van der Waals surface area (Å²) in [6.07, 6.45) is 3.42. The summed E-state index contributed by atoms with van der Waals surface area (Å²) in [4.78, 5) is 25.7. The summed E-state index contributed by atoms with van der Waals surface area (Å²) in [5.74, 6) is -0.106. The van der Waals surface area contributed by atoms with Crippen molar-refractivity contribution in [2.75, 3.05) is 12.4 Å². The molecule has 6 heteroatoms. The fourth-order valence-corrected chi connectivity index (χ4v) is 2.94. The molecule has 2 atom stereocenters. The number of carbonyl (C=O) groups is 2. The number of alkyl halides is 1. The first kappa shape index (κ1) is 18.1. The van der Waals surface area contributed by atoms with Gasteiger partial charge in [-0.2, -0.15) is 0 Å². The smallest absolute Gasteiger partial charge is 0.407 e. The van der Waals surface area contributed by atoms with Gasteiger partial charge in [-0.25, -0.2) is 4.79 Å². The van der Waals surface area contributed by atoms with E-state index in [4.69, 9.17) is 16.3 Å². The maximum atomic E-state index is 12.0. The Morgan fingerprint density at radius 2 is 1.90 bits per heavy atom. The molecule has 0 unspecified atom stereocenters. The van der Waals surface area contributed by atoms with Crippen molar-refractivity contribution in [2.45, 2.75) is 71.1 Å². The number of hydrogen-bond acceptors (Lipinski definition) is 3. The molecule has 1 N–H and O–H groups in total. The van der Waals surface area contributed by atoms with Crippen molar-refractivity contribution < 1.29 is 14.3 Å². The number of likely N-dealkylation sites (N-methyl/N-ethyl adjacent to an activating group) is 1. The summed E-state index contributed by atoms with van der Waals surface area (Å²) in [7, 11) is 0. The van der Waals surface area contributed by atoms with Gasteiger partial charge < -0.3 is 15.0 Å². The Morgan fingerprint density at radius 1 is 1.29 bits per heavy atom. The number of hydrogen-bond donors (Lipinski definition) is 1. The Bertz CT molecular complexity index is 368. The van der Waals surface area contributed by atoms with Crippen molar-refractivity contribution in [2.24, 2.45) is 0 Å². The van der Waals surface area contributed by atoms with Gasteiger partial charge in [0, 0.05) is 6.54 Å². The quantitative estimate of drug-likeness (QED) is 0.811. The van der Waals surface area contributed by atoms with E-state index < -0.39 is 11.7 Å². The second kappa shape index (κ2) is 7.87. The number of alkyl carbamates (subject to hydrolysis) is 1. The minimum atomic E-state index is -0.523. The fraction of sp³-hybridized carbons (Fsp3) is 0.867. The number of nitrogens with one attached hydrogen (secondary N) is 1. The van der Waals surface area contributed by atoms with Crippen LogP contribution in [0.15, 0.2) is 0 Å². The van der Waals surface area contributed by atoms with Crippen LogP contribution < -0.4 is 5.32 Å². The Morgan fingerprint density at radius 3 is 2.43 bits per heavy atom. The third-order valence-electron chi connectivity index (χ3n) is 3.61. The van der Waals surface area contributed by atoms with Crippen LogP contribution in [0, 0.1) is 0 Å². The first-order valence-electron chi connectivity index (χ1n) is 7.63. The number of nitrogens with zero attached hydrogens (tertiary/aromatic N) is 1. The summed E-state index contributed by atoms with van der Waals surface area (Å²) in [6.45, 7) is 8.03. The van der Waals surface area contributed by atoms with E-state index in [1.807, 2.05) is 27.7 Å². The van der Waals surface area contributed by atoms with Crippen molar-refractivity contribution in [3.8, 4) is 0 Å². The molecule has 0 bridgehead atoms. The fourth-order valence-electron chi connectivity index (χ4n) is 2.78. The Balaban J connectivity index is 2.72. The molecule has 122 valence electrons. The molecule has 2 amide bonds. The molecule has 1 aliphatic carbocycles. The SMILES string of the molecule is CCN(C(=O)CCl)[C@H]1CCCC[C@H]1NC(=O)OC(C)(C)C. The Hall–Kier alpha value is -0.970. The molecule has 21 heavy (non-hydrogen) atoms. The van der Waals surface area contributed by atoms with E-state index in [1.54, 1.807) is 4.90 Å². The largest absolute Gasteiger partial charge is 0.444 e. The average Bonchev–Trinajstić information content (AvgIpc) is 2.39. The molecule has 1 fully saturated rings. The van der Waals surface area contributed by atoms with Crippen LogP contribution in [0.25, 0.3) is 0 Å². The molecular formula is C15H27ClN2O3. The summed E-state index contributed by atoms with van der Waals surface area (Å²) in [5, 5.41) is 2.92. The average molecular weight is 319 g/mol. The molecular weight excluding hydrogens is 292 g/mol. The highest BCUT2D eigenvalue weighted by molar-refractivity contribution is 6.27. The summed E-state index contributed by atoms with van der Waals surface area (Å²) < 4.78 is 5.31. The topological polar surface area (TPSA) is 58.6 Å². The maximum Gasteiger partial charge on any atom is 0.407 e. The minimum Gasteiger partial charge on any atom is -0.444 e. The molecule has 0 heterocycles.